The minimum Gasteiger partial charge on any atom is -0.235 e. The first-order valence-electron chi connectivity index (χ1n) is 5.44. The fourth-order valence-corrected chi connectivity index (χ4v) is 2.39. The number of nitrogens with zero attached hydrogens (tertiary/aromatic N) is 2. The summed E-state index contributed by atoms with van der Waals surface area (Å²) in [6.07, 6.45) is -3.71. The molecule has 0 aliphatic heterocycles. The van der Waals surface area contributed by atoms with Crippen LogP contribution in [-0.2, 0) is 12.6 Å². The number of halogens is 5. The topological polar surface area (TPSA) is 17.8 Å². The predicted octanol–water partition coefficient (Wildman–Crippen LogP) is 4.87. The number of hydrogen-bond donors (Lipinski definition) is 0. The molecule has 1 aromatic carbocycles. The first-order chi connectivity index (χ1) is 8.82. The number of hydrogen-bond acceptors (Lipinski definition) is 1. The van der Waals surface area contributed by atoms with Crippen molar-refractivity contribution in [2.24, 2.45) is 0 Å². The Kier molecular flexibility index (Phi) is 3.92. The van der Waals surface area contributed by atoms with Crippen LogP contribution in [0.25, 0.3) is 5.69 Å². The highest BCUT2D eigenvalue weighted by molar-refractivity contribution is 9.10. The molecule has 0 saturated heterocycles. The Balaban J connectivity index is 2.52. The number of rotatable bonds is 2. The van der Waals surface area contributed by atoms with E-state index < -0.39 is 11.7 Å². The fraction of sp³-hybridized carbons (Fsp3) is 0.250. The van der Waals surface area contributed by atoms with Crippen LogP contribution in [0.15, 0.2) is 28.9 Å². The third-order valence-corrected chi connectivity index (χ3v) is 3.31. The molecule has 7 heteroatoms. The van der Waals surface area contributed by atoms with Crippen LogP contribution in [0.3, 0.4) is 0 Å². The van der Waals surface area contributed by atoms with Gasteiger partial charge in [-0.25, -0.2) is 4.68 Å². The summed E-state index contributed by atoms with van der Waals surface area (Å²) in [7, 11) is 0. The van der Waals surface area contributed by atoms with Crippen molar-refractivity contribution in [2.45, 2.75) is 19.5 Å². The van der Waals surface area contributed by atoms with Gasteiger partial charge in [0.2, 0.25) is 0 Å². The van der Waals surface area contributed by atoms with Gasteiger partial charge in [0.15, 0.2) is 0 Å². The van der Waals surface area contributed by atoms with Crippen LogP contribution in [0.1, 0.15) is 18.2 Å². The van der Waals surface area contributed by atoms with Crippen LogP contribution in [0.4, 0.5) is 13.2 Å². The summed E-state index contributed by atoms with van der Waals surface area (Å²) in [5.41, 5.74) is 0.510. The smallest absolute Gasteiger partial charge is 0.235 e. The zero-order chi connectivity index (χ0) is 14.2. The van der Waals surface area contributed by atoms with Crippen molar-refractivity contribution in [3.63, 3.8) is 0 Å². The Morgan fingerprint density at radius 3 is 2.53 bits per heavy atom. The van der Waals surface area contributed by atoms with E-state index in [4.69, 9.17) is 11.6 Å². The SMILES string of the molecule is CCc1cc(Br)nn1-c1ccc(C(F)(F)F)cc1Cl. The Morgan fingerprint density at radius 2 is 2.00 bits per heavy atom. The molecule has 0 atom stereocenters. The summed E-state index contributed by atoms with van der Waals surface area (Å²) in [6.45, 7) is 1.93. The maximum absolute atomic E-state index is 12.6. The zero-order valence-electron chi connectivity index (χ0n) is 9.80. The number of aryl methyl sites for hydroxylation is 1. The maximum Gasteiger partial charge on any atom is 0.416 e. The zero-order valence-corrected chi connectivity index (χ0v) is 12.1. The van der Waals surface area contributed by atoms with Gasteiger partial charge in [0.1, 0.15) is 4.60 Å². The third kappa shape index (κ3) is 2.95. The normalized spacial score (nSPS) is 11.9. The summed E-state index contributed by atoms with van der Waals surface area (Å²) in [5, 5.41) is 4.19. The molecule has 2 aromatic rings. The molecule has 0 radical (unpaired) electrons. The van der Waals surface area contributed by atoms with Crippen molar-refractivity contribution in [1.82, 2.24) is 9.78 Å². The van der Waals surface area contributed by atoms with Crippen molar-refractivity contribution in [1.29, 1.82) is 0 Å². The minimum atomic E-state index is -4.40. The van der Waals surface area contributed by atoms with E-state index in [-0.39, 0.29) is 5.02 Å². The van der Waals surface area contributed by atoms with E-state index in [0.717, 1.165) is 17.8 Å². The van der Waals surface area contributed by atoms with E-state index in [2.05, 4.69) is 21.0 Å². The number of alkyl halides is 3. The average molecular weight is 354 g/mol. The molecule has 0 fully saturated rings. The van der Waals surface area contributed by atoms with Gasteiger partial charge in [-0.15, -0.1) is 0 Å². The highest BCUT2D eigenvalue weighted by Crippen LogP contribution is 2.33. The van der Waals surface area contributed by atoms with Crippen LogP contribution < -0.4 is 0 Å². The van der Waals surface area contributed by atoms with Crippen molar-refractivity contribution in [2.75, 3.05) is 0 Å². The molecule has 0 amide bonds. The van der Waals surface area contributed by atoms with E-state index in [9.17, 15) is 13.2 Å². The lowest BCUT2D eigenvalue weighted by molar-refractivity contribution is -0.137. The molecule has 0 aliphatic carbocycles. The van der Waals surface area contributed by atoms with E-state index in [1.165, 1.54) is 10.7 Å². The lowest BCUT2D eigenvalue weighted by atomic mass is 10.2. The van der Waals surface area contributed by atoms with Gasteiger partial charge in [-0.1, -0.05) is 18.5 Å². The van der Waals surface area contributed by atoms with Crippen LogP contribution in [0, 0.1) is 0 Å². The molecule has 0 saturated carbocycles. The van der Waals surface area contributed by atoms with Crippen molar-refractivity contribution >= 4 is 27.5 Å². The van der Waals surface area contributed by atoms with Gasteiger partial charge in [-0.2, -0.15) is 18.3 Å². The molecule has 1 heterocycles. The Bertz CT molecular complexity index is 608. The van der Waals surface area contributed by atoms with Gasteiger partial charge in [0.25, 0.3) is 0 Å². The molecule has 0 N–H and O–H groups in total. The lowest BCUT2D eigenvalue weighted by Crippen LogP contribution is -2.07. The molecule has 2 nitrogen and oxygen atoms in total. The molecule has 0 spiro atoms. The highest BCUT2D eigenvalue weighted by Gasteiger charge is 2.31. The van der Waals surface area contributed by atoms with Gasteiger partial charge >= 0.3 is 6.18 Å². The average Bonchev–Trinajstić information content (AvgIpc) is 2.69. The summed E-state index contributed by atoms with van der Waals surface area (Å²) >= 11 is 9.17. The summed E-state index contributed by atoms with van der Waals surface area (Å²) in [5.74, 6) is 0. The van der Waals surface area contributed by atoms with Gasteiger partial charge in [-0.05, 0) is 46.6 Å². The molecule has 19 heavy (non-hydrogen) atoms. The van der Waals surface area contributed by atoms with Crippen molar-refractivity contribution in [3.05, 3.63) is 45.1 Å². The molecule has 0 unspecified atom stereocenters. The van der Waals surface area contributed by atoms with Crippen LogP contribution in [0.2, 0.25) is 5.02 Å². The standard InChI is InChI=1S/C12H9BrClF3N2/c1-2-8-6-11(13)18-19(8)10-4-3-7(5-9(10)14)12(15,16)17/h3-6H,2H2,1H3. The van der Waals surface area contributed by atoms with Crippen LogP contribution in [-0.4, -0.2) is 9.78 Å². The Hall–Kier alpha value is -1.01. The summed E-state index contributed by atoms with van der Waals surface area (Å²) < 4.78 is 39.8. The molecule has 0 aliphatic rings. The fourth-order valence-electron chi connectivity index (χ4n) is 1.70. The van der Waals surface area contributed by atoms with Crippen LogP contribution in [0.5, 0.6) is 0 Å². The molecule has 1 aromatic heterocycles. The molecule has 0 bridgehead atoms. The van der Waals surface area contributed by atoms with E-state index in [1.807, 2.05) is 6.92 Å². The summed E-state index contributed by atoms with van der Waals surface area (Å²) in [6, 6.07) is 5.03. The second-order valence-electron chi connectivity index (χ2n) is 3.89. The molecule has 2 rings (SSSR count). The van der Waals surface area contributed by atoms with E-state index in [0.29, 0.717) is 16.7 Å². The quantitative estimate of drug-likeness (QED) is 0.753. The monoisotopic (exact) mass is 352 g/mol. The lowest BCUT2D eigenvalue weighted by Gasteiger charge is -2.11. The number of benzene rings is 1. The van der Waals surface area contributed by atoms with Gasteiger partial charge < -0.3 is 0 Å². The van der Waals surface area contributed by atoms with Gasteiger partial charge in [0, 0.05) is 5.69 Å². The molecule has 102 valence electrons. The van der Waals surface area contributed by atoms with Crippen LogP contribution >= 0.6 is 27.5 Å². The molecular formula is C12H9BrClF3N2. The van der Waals surface area contributed by atoms with E-state index >= 15 is 0 Å². The van der Waals surface area contributed by atoms with Crippen molar-refractivity contribution in [3.8, 4) is 5.69 Å². The maximum atomic E-state index is 12.6. The van der Waals surface area contributed by atoms with Gasteiger partial charge in [-0.3, -0.25) is 0 Å². The largest absolute Gasteiger partial charge is 0.416 e. The Labute approximate surface area is 121 Å². The second-order valence-corrected chi connectivity index (χ2v) is 5.11. The predicted molar refractivity (Wildman–Crippen MR) is 70.7 cm³/mol. The highest BCUT2D eigenvalue weighted by atomic mass is 79.9. The second kappa shape index (κ2) is 5.17. The summed E-state index contributed by atoms with van der Waals surface area (Å²) in [4.78, 5) is 0. The first-order valence-corrected chi connectivity index (χ1v) is 6.61. The third-order valence-electron chi connectivity index (χ3n) is 2.62. The minimum absolute atomic E-state index is 0.0140. The Morgan fingerprint density at radius 1 is 1.32 bits per heavy atom. The van der Waals surface area contributed by atoms with Crippen molar-refractivity contribution < 1.29 is 13.2 Å². The van der Waals surface area contributed by atoms with E-state index in [1.54, 1.807) is 6.07 Å². The first kappa shape index (κ1) is 14.4. The molecular weight excluding hydrogens is 344 g/mol. The number of aromatic nitrogens is 2. The van der Waals surface area contributed by atoms with Gasteiger partial charge in [0.05, 0.1) is 16.3 Å².